The zero-order valence-corrected chi connectivity index (χ0v) is 12.5. The molecule has 0 saturated heterocycles. The zero-order chi connectivity index (χ0) is 15.2. The number of hydrogen-bond donors (Lipinski definition) is 2. The van der Waals surface area contributed by atoms with Gasteiger partial charge in [0.2, 0.25) is 10.0 Å². The van der Waals surface area contributed by atoms with Crippen molar-refractivity contribution in [3.05, 3.63) is 29.8 Å². The van der Waals surface area contributed by atoms with Crippen LogP contribution in [0.5, 0.6) is 0 Å². The fraction of sp³-hybridized carbons (Fsp3) is 0.462. The van der Waals surface area contributed by atoms with Crippen molar-refractivity contribution >= 4 is 21.7 Å². The molecule has 0 spiro atoms. The van der Waals surface area contributed by atoms with Crippen molar-refractivity contribution in [2.24, 2.45) is 0 Å². The first-order chi connectivity index (χ1) is 9.38. The van der Waals surface area contributed by atoms with Gasteiger partial charge in [-0.15, -0.1) is 0 Å². The van der Waals surface area contributed by atoms with Crippen LogP contribution in [0.2, 0.25) is 0 Å². The van der Waals surface area contributed by atoms with Gasteiger partial charge in [0, 0.05) is 6.54 Å². The van der Waals surface area contributed by atoms with Crippen LogP contribution < -0.4 is 4.72 Å². The van der Waals surface area contributed by atoms with E-state index in [1.165, 1.54) is 0 Å². The number of anilines is 1. The summed E-state index contributed by atoms with van der Waals surface area (Å²) in [7, 11) is -3.87. The lowest BCUT2D eigenvalue weighted by Crippen LogP contribution is -2.25. The Labute approximate surface area is 119 Å². The number of benzene rings is 1. The van der Waals surface area contributed by atoms with Crippen LogP contribution in [-0.2, 0) is 21.4 Å². The molecule has 1 aromatic rings. The fourth-order valence-corrected chi connectivity index (χ4v) is 2.74. The number of rotatable bonds is 8. The van der Waals surface area contributed by atoms with Crippen molar-refractivity contribution < 1.29 is 18.3 Å². The van der Waals surface area contributed by atoms with E-state index in [1.807, 2.05) is 26.0 Å². The van der Waals surface area contributed by atoms with E-state index in [4.69, 9.17) is 5.11 Å². The van der Waals surface area contributed by atoms with Crippen molar-refractivity contribution in [3.63, 3.8) is 0 Å². The summed E-state index contributed by atoms with van der Waals surface area (Å²) in [4.78, 5) is 12.7. The highest BCUT2D eigenvalue weighted by atomic mass is 32.2. The van der Waals surface area contributed by atoms with E-state index in [2.05, 4.69) is 9.62 Å². The number of para-hydroxylation sites is 1. The predicted molar refractivity (Wildman–Crippen MR) is 78.1 cm³/mol. The third kappa shape index (κ3) is 5.18. The van der Waals surface area contributed by atoms with E-state index in [9.17, 15) is 13.2 Å². The van der Waals surface area contributed by atoms with Crippen LogP contribution in [0.1, 0.15) is 19.4 Å². The third-order valence-electron chi connectivity index (χ3n) is 2.88. The van der Waals surface area contributed by atoms with Gasteiger partial charge in [0.25, 0.3) is 0 Å². The van der Waals surface area contributed by atoms with Gasteiger partial charge in [-0.05, 0) is 24.7 Å². The number of hydrogen-bond acceptors (Lipinski definition) is 4. The fourth-order valence-electron chi connectivity index (χ4n) is 1.81. The first-order valence-corrected chi connectivity index (χ1v) is 8.05. The third-order valence-corrected chi connectivity index (χ3v) is 4.04. The Bertz CT molecular complexity index is 553. The number of nitrogens with zero attached hydrogens (tertiary/aromatic N) is 1. The number of sulfonamides is 1. The summed E-state index contributed by atoms with van der Waals surface area (Å²) in [6.45, 7) is 6.37. The largest absolute Gasteiger partial charge is 0.480 e. The Morgan fingerprint density at radius 1 is 1.25 bits per heavy atom. The predicted octanol–water partition coefficient (Wildman–Crippen LogP) is 1.35. The molecule has 0 aromatic heterocycles. The van der Waals surface area contributed by atoms with Gasteiger partial charge in [-0.1, -0.05) is 32.0 Å². The van der Waals surface area contributed by atoms with Crippen LogP contribution in [0.15, 0.2) is 24.3 Å². The molecule has 0 heterocycles. The molecule has 2 N–H and O–H groups in total. The summed E-state index contributed by atoms with van der Waals surface area (Å²) in [5, 5.41) is 8.59. The lowest BCUT2D eigenvalue weighted by molar-refractivity contribution is -0.134. The second kappa shape index (κ2) is 7.25. The number of carbonyl (C=O) groups is 1. The highest BCUT2D eigenvalue weighted by Crippen LogP contribution is 2.18. The minimum absolute atomic E-state index is 0.431. The molecule has 0 atom stereocenters. The molecule has 1 aromatic carbocycles. The molecule has 0 unspecified atom stereocenters. The molecular weight excluding hydrogens is 280 g/mol. The molecule has 0 aliphatic carbocycles. The molecule has 0 aliphatic heterocycles. The van der Waals surface area contributed by atoms with Gasteiger partial charge in [0.05, 0.1) is 5.69 Å². The summed E-state index contributed by atoms with van der Waals surface area (Å²) in [5.74, 6) is -2.31. The summed E-state index contributed by atoms with van der Waals surface area (Å²) in [6.07, 6.45) is 0. The Kier molecular flexibility index (Phi) is 5.97. The number of aliphatic carboxylic acids is 1. The molecule has 1 rings (SSSR count). The van der Waals surface area contributed by atoms with Crippen molar-refractivity contribution in [2.45, 2.75) is 20.4 Å². The lowest BCUT2D eigenvalue weighted by Gasteiger charge is -2.20. The van der Waals surface area contributed by atoms with Crippen LogP contribution in [0.3, 0.4) is 0 Å². The minimum Gasteiger partial charge on any atom is -0.480 e. The molecular formula is C13H20N2O4S. The summed E-state index contributed by atoms with van der Waals surface area (Å²) >= 11 is 0. The van der Waals surface area contributed by atoms with Crippen molar-refractivity contribution in [2.75, 3.05) is 23.6 Å². The van der Waals surface area contributed by atoms with E-state index < -0.39 is 21.7 Å². The van der Waals surface area contributed by atoms with Gasteiger partial charge in [0.1, 0.15) is 0 Å². The van der Waals surface area contributed by atoms with Crippen LogP contribution in [0.25, 0.3) is 0 Å². The number of carboxylic acid groups (broad SMARTS) is 1. The first kappa shape index (κ1) is 16.5. The van der Waals surface area contributed by atoms with Crippen molar-refractivity contribution in [1.29, 1.82) is 0 Å². The molecule has 6 nitrogen and oxygen atoms in total. The Morgan fingerprint density at radius 2 is 1.85 bits per heavy atom. The molecule has 0 saturated carbocycles. The molecule has 7 heteroatoms. The molecule has 0 aliphatic rings. The second-order valence-corrected chi connectivity index (χ2v) is 6.10. The Hall–Kier alpha value is -1.60. The summed E-state index contributed by atoms with van der Waals surface area (Å²) < 4.78 is 25.7. The maximum absolute atomic E-state index is 11.7. The number of carboxylic acids is 1. The van der Waals surface area contributed by atoms with E-state index in [-0.39, 0.29) is 0 Å². The maximum Gasteiger partial charge on any atom is 0.320 e. The summed E-state index contributed by atoms with van der Waals surface area (Å²) in [5.41, 5.74) is 1.26. The standard InChI is InChI=1S/C13H20N2O4S/c1-3-15(4-2)9-11-7-5-6-8-12(11)14-20(18,19)10-13(16)17/h5-8,14H,3-4,9-10H2,1-2H3,(H,16,17). The minimum atomic E-state index is -3.87. The maximum atomic E-state index is 11.7. The molecule has 0 radical (unpaired) electrons. The molecule has 0 bridgehead atoms. The van der Waals surface area contributed by atoms with Gasteiger partial charge >= 0.3 is 5.97 Å². The van der Waals surface area contributed by atoms with Gasteiger partial charge in [-0.3, -0.25) is 14.4 Å². The van der Waals surface area contributed by atoms with Crippen LogP contribution in [-0.4, -0.2) is 43.2 Å². The molecule has 112 valence electrons. The molecule has 0 amide bonds. The van der Waals surface area contributed by atoms with Gasteiger partial charge in [-0.25, -0.2) is 8.42 Å². The number of nitrogens with one attached hydrogen (secondary N) is 1. The topological polar surface area (TPSA) is 86.7 Å². The Morgan fingerprint density at radius 3 is 2.40 bits per heavy atom. The second-order valence-electron chi connectivity index (χ2n) is 4.37. The monoisotopic (exact) mass is 300 g/mol. The quantitative estimate of drug-likeness (QED) is 0.757. The average molecular weight is 300 g/mol. The Balaban J connectivity index is 2.93. The SMILES string of the molecule is CCN(CC)Cc1ccccc1NS(=O)(=O)CC(=O)O. The highest BCUT2D eigenvalue weighted by molar-refractivity contribution is 7.93. The smallest absolute Gasteiger partial charge is 0.320 e. The zero-order valence-electron chi connectivity index (χ0n) is 11.7. The van der Waals surface area contributed by atoms with E-state index in [0.29, 0.717) is 12.2 Å². The van der Waals surface area contributed by atoms with E-state index in [0.717, 1.165) is 18.7 Å². The molecule has 0 fully saturated rings. The van der Waals surface area contributed by atoms with E-state index in [1.54, 1.807) is 12.1 Å². The van der Waals surface area contributed by atoms with Crippen molar-refractivity contribution in [3.8, 4) is 0 Å². The van der Waals surface area contributed by atoms with Gasteiger partial charge < -0.3 is 5.11 Å². The first-order valence-electron chi connectivity index (χ1n) is 6.40. The summed E-state index contributed by atoms with van der Waals surface area (Å²) in [6, 6.07) is 7.01. The van der Waals surface area contributed by atoms with Crippen LogP contribution in [0, 0.1) is 0 Å². The lowest BCUT2D eigenvalue weighted by atomic mass is 10.1. The normalized spacial score (nSPS) is 11.6. The highest BCUT2D eigenvalue weighted by Gasteiger charge is 2.17. The average Bonchev–Trinajstić information content (AvgIpc) is 2.35. The van der Waals surface area contributed by atoms with Crippen LogP contribution in [0.4, 0.5) is 5.69 Å². The van der Waals surface area contributed by atoms with Crippen LogP contribution >= 0.6 is 0 Å². The van der Waals surface area contributed by atoms with E-state index >= 15 is 0 Å². The molecule has 20 heavy (non-hydrogen) atoms. The van der Waals surface area contributed by atoms with Gasteiger partial charge in [-0.2, -0.15) is 0 Å². The van der Waals surface area contributed by atoms with Gasteiger partial charge in [0.15, 0.2) is 5.75 Å². The van der Waals surface area contributed by atoms with Crippen molar-refractivity contribution in [1.82, 2.24) is 4.90 Å².